The number of hydrogen-bond acceptors (Lipinski definition) is 5. The number of carbonyl (C=O) groups is 2. The number of hydrogen-bond donors (Lipinski definition) is 0. The molecule has 18 heavy (non-hydrogen) atoms. The Kier molecular flexibility index (Phi) is 11.5. The molecule has 0 radical (unpaired) electrons. The normalized spacial score (nSPS) is 18.3. The smallest absolute Gasteiger partial charge is 0.873 e. The molecule has 0 amide bonds. The van der Waals surface area contributed by atoms with E-state index < -0.39 is 17.5 Å². The monoisotopic (exact) mass is 270 g/mol. The number of methoxy groups -OCH3 is 1. The van der Waals surface area contributed by atoms with Gasteiger partial charge in [0.05, 0.1) is 7.11 Å². The molecule has 1 aliphatic carbocycles. The van der Waals surface area contributed by atoms with Crippen LogP contribution in [0.2, 0.25) is 0 Å². The summed E-state index contributed by atoms with van der Waals surface area (Å²) in [5.41, 5.74) is 0.0106. The molecule has 0 aromatic heterocycles. The zero-order valence-electron chi connectivity index (χ0n) is 10.9. The summed E-state index contributed by atoms with van der Waals surface area (Å²) in [6.07, 6.45) is 2.64. The van der Waals surface area contributed by atoms with Gasteiger partial charge in [0.2, 0.25) is 0 Å². The Bertz CT molecular complexity index is 374. The Balaban J connectivity index is 0. The summed E-state index contributed by atoms with van der Waals surface area (Å²) < 4.78 is 4.22. The second-order valence-electron chi connectivity index (χ2n) is 3.47. The van der Waals surface area contributed by atoms with E-state index in [1.165, 1.54) is 0 Å². The Labute approximate surface area is 150 Å². The molecule has 88 valence electrons. The van der Waals surface area contributed by atoms with E-state index in [1.54, 1.807) is 0 Å². The van der Waals surface area contributed by atoms with Crippen molar-refractivity contribution in [1.29, 1.82) is 0 Å². The summed E-state index contributed by atoms with van der Waals surface area (Å²) in [5, 5.41) is 22.8. The summed E-state index contributed by atoms with van der Waals surface area (Å²) in [4.78, 5) is 22.1. The van der Waals surface area contributed by atoms with E-state index in [0.29, 0.717) is 18.9 Å². The average Bonchev–Trinajstić information content (AvgIpc) is 2.28. The van der Waals surface area contributed by atoms with E-state index in [-0.39, 0.29) is 70.5 Å². The van der Waals surface area contributed by atoms with Gasteiger partial charge < -0.3 is 14.9 Å². The van der Waals surface area contributed by atoms with Crippen molar-refractivity contribution in [2.45, 2.75) is 25.7 Å². The topological polar surface area (TPSA) is 89.5 Å². The first kappa shape index (κ1) is 20.5. The zero-order valence-corrected chi connectivity index (χ0v) is 14.9. The Morgan fingerprint density at radius 3 is 2.28 bits per heavy atom. The number of Topliss-reactive ketones (excluding diaryl/α,β-unsaturated/α-hetero) is 1. The molecule has 0 heterocycles. The van der Waals surface area contributed by atoms with Crippen LogP contribution in [0.5, 0.6) is 0 Å². The maximum absolute atomic E-state index is 11.5. The van der Waals surface area contributed by atoms with Crippen molar-refractivity contribution in [1.82, 2.24) is 0 Å². The molecule has 7 heteroatoms. The maximum Gasteiger partial charge on any atom is 1.00 e. The molecule has 5 nitrogen and oxygen atoms in total. The predicted molar refractivity (Wildman–Crippen MR) is 50.6 cm³/mol. The Morgan fingerprint density at radius 2 is 1.78 bits per heavy atom. The molecule has 1 rings (SSSR count). The summed E-state index contributed by atoms with van der Waals surface area (Å²) in [6.45, 7) is 0. The number of carbonyl (C=O) groups excluding carboxylic acids is 2. The first-order valence-corrected chi connectivity index (χ1v) is 4.96. The third-order valence-electron chi connectivity index (χ3n) is 2.37. The van der Waals surface area contributed by atoms with Crippen molar-refractivity contribution in [3.05, 3.63) is 23.2 Å². The second kappa shape index (κ2) is 10.1. The van der Waals surface area contributed by atoms with Crippen molar-refractivity contribution in [3.8, 4) is 0 Å². The van der Waals surface area contributed by atoms with E-state index in [2.05, 4.69) is 4.74 Å². The second-order valence-corrected chi connectivity index (χ2v) is 3.47. The van der Waals surface area contributed by atoms with Gasteiger partial charge in [-0.1, -0.05) is 0 Å². The summed E-state index contributed by atoms with van der Waals surface area (Å²) in [5.74, 6) is -3.04. The molecule has 0 spiro atoms. The largest absolute Gasteiger partial charge is 1.00 e. The van der Waals surface area contributed by atoms with E-state index in [4.69, 9.17) is 0 Å². The van der Waals surface area contributed by atoms with Crippen molar-refractivity contribution in [3.63, 3.8) is 0 Å². The van der Waals surface area contributed by atoms with Gasteiger partial charge in [0.25, 0.3) is 0 Å². The molecule has 0 N–H and O–H groups in total. The Morgan fingerprint density at radius 1 is 1.22 bits per heavy atom. The van der Waals surface area contributed by atoms with Crippen molar-refractivity contribution in [2.24, 2.45) is 0 Å². The molecule has 0 aromatic carbocycles. The molecule has 0 unspecified atom stereocenters. The van der Waals surface area contributed by atoms with Crippen LogP contribution in [0, 0.1) is 0 Å². The van der Waals surface area contributed by atoms with Gasteiger partial charge in [0, 0.05) is 12.5 Å². The summed E-state index contributed by atoms with van der Waals surface area (Å²) in [6, 6.07) is 0. The van der Waals surface area contributed by atoms with E-state index in [1.807, 2.05) is 0 Å². The number of allylic oxidation sites excluding steroid dienone is 1. The van der Waals surface area contributed by atoms with Crippen molar-refractivity contribution in [2.75, 3.05) is 7.11 Å². The molecular formula is C11H12Na2O5. The number of rotatable bonds is 2. The van der Waals surface area contributed by atoms with E-state index in [0.717, 1.165) is 20.0 Å². The molecule has 1 saturated carbocycles. The molecular weight excluding hydrogens is 258 g/mol. The maximum atomic E-state index is 11.5. The molecule has 0 atom stereocenters. The van der Waals surface area contributed by atoms with Gasteiger partial charge in [-0.25, -0.2) is 4.79 Å². The first-order chi connectivity index (χ1) is 7.56. The third kappa shape index (κ3) is 5.91. The van der Waals surface area contributed by atoms with Gasteiger partial charge in [-0.3, -0.25) is 4.79 Å². The van der Waals surface area contributed by atoms with Crippen LogP contribution < -0.4 is 69.3 Å². The zero-order chi connectivity index (χ0) is 12.1. The predicted octanol–water partition coefficient (Wildman–Crippen LogP) is -6.83. The first-order valence-electron chi connectivity index (χ1n) is 4.96. The summed E-state index contributed by atoms with van der Waals surface area (Å²) in [7, 11) is 1.11. The number of ether oxygens (including phenoxy) is 1. The fraction of sp³-hybridized carbons (Fsp3) is 0.455. The van der Waals surface area contributed by atoms with Gasteiger partial charge in [-0.05, 0) is 24.8 Å². The quantitative estimate of drug-likeness (QED) is 0.215. The van der Waals surface area contributed by atoms with Gasteiger partial charge in [-0.15, -0.1) is 11.5 Å². The van der Waals surface area contributed by atoms with Crippen LogP contribution in [0.15, 0.2) is 23.2 Å². The fourth-order valence-electron chi connectivity index (χ4n) is 1.50. The van der Waals surface area contributed by atoms with E-state index >= 15 is 0 Å². The van der Waals surface area contributed by atoms with Crippen molar-refractivity contribution < 1.29 is 83.7 Å². The minimum absolute atomic E-state index is 0. The van der Waals surface area contributed by atoms with Crippen LogP contribution in [-0.4, -0.2) is 18.9 Å². The van der Waals surface area contributed by atoms with Crippen LogP contribution >= 0.6 is 0 Å². The van der Waals surface area contributed by atoms with Crippen LogP contribution in [0.25, 0.3) is 0 Å². The minimum Gasteiger partial charge on any atom is -0.873 e. The van der Waals surface area contributed by atoms with Crippen LogP contribution in [0.1, 0.15) is 25.7 Å². The molecule has 0 aromatic rings. The molecule has 0 aliphatic heterocycles. The third-order valence-corrected chi connectivity index (χ3v) is 2.37. The minimum atomic E-state index is -0.989. The molecule has 0 bridgehead atoms. The van der Waals surface area contributed by atoms with Crippen molar-refractivity contribution >= 4 is 11.8 Å². The van der Waals surface area contributed by atoms with Gasteiger partial charge in [-0.2, -0.15) is 0 Å². The molecule has 0 saturated heterocycles. The van der Waals surface area contributed by atoms with E-state index in [9.17, 15) is 19.8 Å². The van der Waals surface area contributed by atoms with Crippen LogP contribution in [0.3, 0.4) is 0 Å². The average molecular weight is 270 g/mol. The standard InChI is InChI=1S/C11H14O5.2Na/c1-16-10(14)6-9(13)11(15)7-4-2-3-5-8(7)12;;/h6,13,15H,2-5H2,1H3;;/q;2*+1/p-2. The van der Waals surface area contributed by atoms with Gasteiger partial charge in [0.1, 0.15) is 0 Å². The summed E-state index contributed by atoms with van der Waals surface area (Å²) >= 11 is 0. The Hall–Kier alpha value is 0.220. The van der Waals surface area contributed by atoms with Gasteiger partial charge >= 0.3 is 65.1 Å². The number of esters is 1. The molecule has 1 aliphatic rings. The fourth-order valence-corrected chi connectivity index (χ4v) is 1.50. The SMILES string of the molecule is COC(=O)C=C([O-])C([O-])=C1CCCCC1=O.[Na+].[Na+]. The van der Waals surface area contributed by atoms with Crippen LogP contribution in [0.4, 0.5) is 0 Å². The van der Waals surface area contributed by atoms with Crippen LogP contribution in [-0.2, 0) is 14.3 Å². The number of ketones is 1. The van der Waals surface area contributed by atoms with Gasteiger partial charge in [0.15, 0.2) is 5.78 Å². The molecule has 1 fully saturated rings.